The maximum atomic E-state index is 13.8. The van der Waals surface area contributed by atoms with E-state index in [0.717, 1.165) is 12.1 Å². The van der Waals surface area contributed by atoms with Gasteiger partial charge in [-0.2, -0.15) is 31.6 Å². The number of rotatable bonds is 5. The number of hydrogen-bond donors (Lipinski definition) is 1. The molecule has 1 aliphatic rings. The van der Waals surface area contributed by atoms with Gasteiger partial charge >= 0.3 is 12.4 Å². The van der Waals surface area contributed by atoms with Crippen LogP contribution in [0.1, 0.15) is 23.1 Å². The lowest BCUT2D eigenvalue weighted by atomic mass is 9.89. The van der Waals surface area contributed by atoms with Gasteiger partial charge in [-0.25, -0.2) is 9.97 Å². The van der Waals surface area contributed by atoms with Crippen LogP contribution < -0.4 is 4.90 Å². The number of anilines is 1. The normalized spacial score (nSPS) is 19.5. The van der Waals surface area contributed by atoms with E-state index in [2.05, 4.69) is 9.97 Å². The van der Waals surface area contributed by atoms with Crippen LogP contribution in [0.4, 0.5) is 32.3 Å². The largest absolute Gasteiger partial charge is 0.430 e. The van der Waals surface area contributed by atoms with E-state index in [1.165, 1.54) is 12.4 Å². The van der Waals surface area contributed by atoms with Crippen molar-refractivity contribution in [3.05, 3.63) is 83.7 Å². The van der Waals surface area contributed by atoms with E-state index in [4.69, 9.17) is 5.26 Å². The Hall–Kier alpha value is -3.50. The molecule has 0 saturated carbocycles. The van der Waals surface area contributed by atoms with Crippen molar-refractivity contribution in [3.63, 3.8) is 0 Å². The van der Waals surface area contributed by atoms with E-state index < -0.39 is 39.1 Å². The van der Waals surface area contributed by atoms with E-state index in [1.807, 2.05) is 6.07 Å². The molecule has 1 aliphatic heterocycles. The Bertz CT molecular complexity index is 1310. The summed E-state index contributed by atoms with van der Waals surface area (Å²) < 4.78 is 92.7. The molecule has 4 rings (SSSR count). The number of aliphatic hydroxyl groups is 1. The smallest absolute Gasteiger partial charge is 0.369 e. The summed E-state index contributed by atoms with van der Waals surface area (Å²) in [6.45, 7) is 0.309. The number of alkyl halides is 6. The van der Waals surface area contributed by atoms with Crippen LogP contribution in [0.15, 0.2) is 71.9 Å². The van der Waals surface area contributed by atoms with E-state index in [9.17, 15) is 35.7 Å². The second-order valence-corrected chi connectivity index (χ2v) is 10.2. The first-order valence-corrected chi connectivity index (χ1v) is 11.9. The van der Waals surface area contributed by atoms with Crippen molar-refractivity contribution in [2.45, 2.75) is 34.0 Å². The zero-order valence-electron chi connectivity index (χ0n) is 18.8. The Labute approximate surface area is 209 Å². The lowest BCUT2D eigenvalue weighted by Gasteiger charge is -2.34. The number of nitrogens with zero attached hydrogens (tertiary/aromatic N) is 4. The third-order valence-corrected chi connectivity index (χ3v) is 8.22. The summed E-state index contributed by atoms with van der Waals surface area (Å²) in [5.74, 6) is 0.228. The number of halogens is 6. The maximum Gasteiger partial charge on any atom is 0.430 e. The van der Waals surface area contributed by atoms with Crippen LogP contribution in [0.3, 0.4) is 0 Å². The molecule has 0 aliphatic carbocycles. The predicted octanol–water partition coefficient (Wildman–Crippen LogP) is 4.57. The van der Waals surface area contributed by atoms with Gasteiger partial charge in [-0.05, 0) is 24.1 Å². The molecule has 6 nitrogen and oxygen atoms in total. The molecule has 13 heteroatoms. The molecule has 1 aromatic heterocycles. The van der Waals surface area contributed by atoms with Crippen molar-refractivity contribution < 1.29 is 35.7 Å². The van der Waals surface area contributed by atoms with Crippen molar-refractivity contribution >= 4 is 16.7 Å². The SMILES string of the molecule is N#Cc1cnc(N2CCC(c3ccc(C(O)(C(F)(F)F)C(F)(F)F)cc3)(S(=O)c3ccccc3)C2)nc1. The zero-order chi connectivity index (χ0) is 27.1. The van der Waals surface area contributed by atoms with Crippen molar-refractivity contribution in [2.75, 3.05) is 18.0 Å². The molecule has 3 aromatic rings. The first-order valence-electron chi connectivity index (χ1n) is 10.7. The van der Waals surface area contributed by atoms with E-state index >= 15 is 0 Å². The number of nitriles is 1. The maximum absolute atomic E-state index is 13.8. The highest BCUT2D eigenvalue weighted by molar-refractivity contribution is 7.86. The third-order valence-electron chi connectivity index (χ3n) is 6.24. The van der Waals surface area contributed by atoms with Crippen LogP contribution in [0.2, 0.25) is 0 Å². The fourth-order valence-corrected chi connectivity index (χ4v) is 6.02. The molecule has 0 amide bonds. The summed E-state index contributed by atoms with van der Waals surface area (Å²) in [5, 5.41) is 18.7. The second-order valence-electron chi connectivity index (χ2n) is 8.41. The van der Waals surface area contributed by atoms with Gasteiger partial charge in [-0.3, -0.25) is 4.21 Å². The van der Waals surface area contributed by atoms with Crippen LogP contribution in [-0.2, 0) is 21.1 Å². The minimum atomic E-state index is -6.02. The van der Waals surface area contributed by atoms with E-state index in [-0.39, 0.29) is 36.6 Å². The molecule has 1 saturated heterocycles. The van der Waals surface area contributed by atoms with E-state index in [1.54, 1.807) is 35.2 Å². The summed E-state index contributed by atoms with van der Waals surface area (Å²) in [7, 11) is -1.79. The quantitative estimate of drug-likeness (QED) is 0.477. The van der Waals surface area contributed by atoms with Crippen molar-refractivity contribution in [3.8, 4) is 6.07 Å². The predicted molar refractivity (Wildman–Crippen MR) is 121 cm³/mol. The minimum absolute atomic E-state index is 0.0303. The summed E-state index contributed by atoms with van der Waals surface area (Å²) in [5.41, 5.74) is -6.02. The van der Waals surface area contributed by atoms with E-state index in [0.29, 0.717) is 17.0 Å². The highest BCUT2D eigenvalue weighted by Gasteiger charge is 2.71. The van der Waals surface area contributed by atoms with Crippen LogP contribution in [0, 0.1) is 11.3 Å². The molecule has 194 valence electrons. The number of aromatic nitrogens is 2. The van der Waals surface area contributed by atoms with Gasteiger partial charge in [0.2, 0.25) is 5.95 Å². The highest BCUT2D eigenvalue weighted by atomic mass is 32.2. The fourth-order valence-electron chi connectivity index (χ4n) is 4.26. The Balaban J connectivity index is 1.78. The summed E-state index contributed by atoms with van der Waals surface area (Å²) in [4.78, 5) is 10.4. The van der Waals surface area contributed by atoms with Gasteiger partial charge < -0.3 is 10.0 Å². The first-order chi connectivity index (χ1) is 17.3. The number of hydrogen-bond acceptors (Lipinski definition) is 6. The summed E-state index contributed by atoms with van der Waals surface area (Å²) >= 11 is 0. The van der Waals surface area contributed by atoms with Gasteiger partial charge in [0.25, 0.3) is 5.60 Å². The van der Waals surface area contributed by atoms with Gasteiger partial charge in [0.1, 0.15) is 6.07 Å². The zero-order valence-corrected chi connectivity index (χ0v) is 19.6. The Morgan fingerprint density at radius 3 is 2.03 bits per heavy atom. The third kappa shape index (κ3) is 4.55. The Morgan fingerprint density at radius 1 is 0.946 bits per heavy atom. The van der Waals surface area contributed by atoms with Gasteiger partial charge in [0.05, 0.1) is 33.5 Å². The first kappa shape index (κ1) is 26.6. The number of benzene rings is 2. The minimum Gasteiger partial charge on any atom is -0.369 e. The fraction of sp³-hybridized carbons (Fsp3) is 0.292. The molecule has 2 atom stereocenters. The average Bonchev–Trinajstić information content (AvgIpc) is 3.34. The van der Waals surface area contributed by atoms with Gasteiger partial charge in [0.15, 0.2) is 0 Å². The average molecular weight is 540 g/mol. The molecule has 0 bridgehead atoms. The molecule has 0 spiro atoms. The topological polar surface area (TPSA) is 90.1 Å². The van der Waals surface area contributed by atoms with Crippen LogP contribution in [0.25, 0.3) is 0 Å². The molecule has 2 unspecified atom stereocenters. The standard InChI is InChI=1S/C24H18F6N4O2S/c25-23(26,27)22(35,24(28,29)30)18-8-6-17(7-9-18)21(37(36)19-4-2-1-3-5-19)10-11-34(15-21)20-32-13-16(12-31)14-33-20/h1-9,13-14,35H,10-11,15H2. The monoisotopic (exact) mass is 540 g/mol. The van der Waals surface area contributed by atoms with Crippen molar-refractivity contribution in [1.29, 1.82) is 5.26 Å². The molecule has 37 heavy (non-hydrogen) atoms. The molecule has 1 N–H and O–H groups in total. The van der Waals surface area contributed by atoms with Gasteiger partial charge in [-0.1, -0.05) is 42.5 Å². The Kier molecular flexibility index (Phi) is 6.76. The molecule has 1 fully saturated rings. The van der Waals surface area contributed by atoms with Crippen molar-refractivity contribution in [2.24, 2.45) is 0 Å². The van der Waals surface area contributed by atoms with Gasteiger partial charge in [-0.15, -0.1) is 0 Å². The highest BCUT2D eigenvalue weighted by Crippen LogP contribution is 2.50. The van der Waals surface area contributed by atoms with Crippen LogP contribution in [0.5, 0.6) is 0 Å². The molecular weight excluding hydrogens is 522 g/mol. The van der Waals surface area contributed by atoms with Crippen molar-refractivity contribution in [1.82, 2.24) is 9.97 Å². The Morgan fingerprint density at radius 2 is 1.51 bits per heavy atom. The van der Waals surface area contributed by atoms with Crippen LogP contribution >= 0.6 is 0 Å². The molecule has 2 heterocycles. The lowest BCUT2D eigenvalue weighted by Crippen LogP contribution is -2.53. The molecule has 2 aromatic carbocycles. The summed E-state index contributed by atoms with van der Waals surface area (Å²) in [6, 6.07) is 13.3. The lowest BCUT2D eigenvalue weighted by molar-refractivity contribution is -0.376. The summed E-state index contributed by atoms with van der Waals surface area (Å²) in [6.07, 6.45) is -9.22. The second kappa shape index (κ2) is 9.42. The molecule has 0 radical (unpaired) electrons. The van der Waals surface area contributed by atoms with Gasteiger partial charge in [0, 0.05) is 23.5 Å². The molecular formula is C24H18F6N4O2S. The van der Waals surface area contributed by atoms with Crippen LogP contribution in [-0.4, -0.2) is 44.7 Å².